The summed E-state index contributed by atoms with van der Waals surface area (Å²) in [4.78, 5) is 21.0. The van der Waals surface area contributed by atoms with Gasteiger partial charge in [-0.05, 0) is 48.6 Å². The number of hydrogen-bond acceptors (Lipinski definition) is 7. The number of aromatic nitrogens is 1. The van der Waals surface area contributed by atoms with Crippen LogP contribution in [0.5, 0.6) is 11.5 Å². The van der Waals surface area contributed by atoms with E-state index in [4.69, 9.17) is 21.1 Å². The second-order valence-corrected chi connectivity index (χ2v) is 10.5. The molecule has 10 heteroatoms. The van der Waals surface area contributed by atoms with Gasteiger partial charge < -0.3 is 19.9 Å². The fraction of sp³-hybridized carbons (Fsp3) is 0.360. The number of halogens is 2. The molecule has 3 heterocycles. The number of rotatable bonds is 6. The monoisotopic (exact) mass is 533 g/mol. The van der Waals surface area contributed by atoms with Crippen molar-refractivity contribution in [1.82, 2.24) is 9.88 Å². The van der Waals surface area contributed by atoms with Gasteiger partial charge in [0.25, 0.3) is 0 Å². The number of likely N-dealkylation sites (tertiary alicyclic amines) is 1. The number of carbonyl (C=O) groups excluding carboxylic acids is 1. The molecule has 2 unspecified atom stereocenters. The lowest BCUT2D eigenvalue weighted by Gasteiger charge is -2.27. The van der Waals surface area contributed by atoms with Crippen molar-refractivity contribution < 1.29 is 19.4 Å². The van der Waals surface area contributed by atoms with E-state index < -0.39 is 5.41 Å². The summed E-state index contributed by atoms with van der Waals surface area (Å²) >= 11 is 8.01. The van der Waals surface area contributed by atoms with Crippen molar-refractivity contribution in [2.45, 2.75) is 36.8 Å². The number of carbonyl (C=O) groups is 1. The molecule has 3 aromatic rings. The summed E-state index contributed by atoms with van der Waals surface area (Å²) in [6.07, 6.45) is 3.74. The van der Waals surface area contributed by atoms with Crippen LogP contribution >= 0.6 is 35.3 Å². The van der Waals surface area contributed by atoms with Gasteiger partial charge >= 0.3 is 0 Å². The molecule has 1 aromatic heterocycles. The highest BCUT2D eigenvalue weighted by Crippen LogP contribution is 2.51. The van der Waals surface area contributed by atoms with Crippen LogP contribution < -0.4 is 14.8 Å². The smallest absolute Gasteiger partial charge is 0.236 e. The number of fused-ring (bicyclic) bond motifs is 1. The van der Waals surface area contributed by atoms with Crippen LogP contribution in [-0.4, -0.2) is 46.9 Å². The topological polar surface area (TPSA) is 83.9 Å². The molecule has 3 aliphatic rings. The molecular formula is C25H25Cl2N3O4S. The van der Waals surface area contributed by atoms with Crippen LogP contribution in [0, 0.1) is 0 Å². The SMILES string of the molecule is Cl.O=C(Nc1ncc(C(c2ccccc2Cl)N2CCC(O)C2)s1)C1(c2ccc3c(c2)OCO3)CC1. The number of anilines is 1. The number of aliphatic hydroxyl groups is 1. The predicted molar refractivity (Wildman–Crippen MR) is 137 cm³/mol. The minimum atomic E-state index is -0.561. The molecule has 0 radical (unpaired) electrons. The van der Waals surface area contributed by atoms with Gasteiger partial charge in [0, 0.05) is 29.2 Å². The van der Waals surface area contributed by atoms with Gasteiger partial charge in [0.15, 0.2) is 16.6 Å². The summed E-state index contributed by atoms with van der Waals surface area (Å²) in [6, 6.07) is 13.4. The number of benzene rings is 2. The van der Waals surface area contributed by atoms with Gasteiger partial charge in [0.1, 0.15) is 0 Å². The molecule has 2 atom stereocenters. The second-order valence-electron chi connectivity index (χ2n) is 9.03. The maximum atomic E-state index is 13.3. The standard InChI is InChI=1S/C25H24ClN3O4S.ClH/c26-18-4-2-1-3-17(18)22(29-10-7-16(30)13-29)21-12-27-24(34-21)28-23(31)25(8-9-25)15-5-6-19-20(11-15)33-14-32-19;/h1-6,11-12,16,22,30H,7-10,13-14H2,(H,27,28,31);1H. The molecule has 2 aliphatic heterocycles. The first kappa shape index (κ1) is 24.3. The lowest BCUT2D eigenvalue weighted by atomic mass is 9.94. The Morgan fingerprint density at radius 1 is 1.23 bits per heavy atom. The molecule has 6 rings (SSSR count). The van der Waals surface area contributed by atoms with Crippen molar-refractivity contribution in [3.63, 3.8) is 0 Å². The zero-order valence-electron chi connectivity index (χ0n) is 18.8. The maximum absolute atomic E-state index is 13.3. The molecule has 1 saturated carbocycles. The summed E-state index contributed by atoms with van der Waals surface area (Å²) in [5.41, 5.74) is 1.35. The van der Waals surface area contributed by atoms with Crippen LogP contribution in [0.3, 0.4) is 0 Å². The van der Waals surface area contributed by atoms with Crippen molar-refractivity contribution in [3.05, 3.63) is 69.7 Å². The van der Waals surface area contributed by atoms with Gasteiger partial charge in [-0.1, -0.05) is 47.2 Å². The number of nitrogens with zero attached hydrogens (tertiary/aromatic N) is 2. The third-order valence-electron chi connectivity index (χ3n) is 6.88. The van der Waals surface area contributed by atoms with E-state index in [0.717, 1.165) is 41.8 Å². The fourth-order valence-corrected chi connectivity index (χ4v) is 6.09. The zero-order valence-corrected chi connectivity index (χ0v) is 21.2. The van der Waals surface area contributed by atoms with E-state index in [2.05, 4.69) is 15.2 Å². The minimum Gasteiger partial charge on any atom is -0.454 e. The van der Waals surface area contributed by atoms with Crippen LogP contribution in [0.25, 0.3) is 0 Å². The Morgan fingerprint density at radius 2 is 2.03 bits per heavy atom. The fourth-order valence-electron chi connectivity index (χ4n) is 4.88. The molecule has 184 valence electrons. The molecule has 35 heavy (non-hydrogen) atoms. The predicted octanol–water partition coefficient (Wildman–Crippen LogP) is 4.77. The van der Waals surface area contributed by atoms with E-state index in [1.165, 1.54) is 11.3 Å². The van der Waals surface area contributed by atoms with E-state index in [1.807, 2.05) is 42.5 Å². The Balaban J connectivity index is 0.00000253. The quantitative estimate of drug-likeness (QED) is 0.474. The van der Waals surface area contributed by atoms with Crippen molar-refractivity contribution in [2.24, 2.45) is 0 Å². The van der Waals surface area contributed by atoms with Crippen LogP contribution in [0.15, 0.2) is 48.7 Å². The van der Waals surface area contributed by atoms with Crippen molar-refractivity contribution >= 4 is 46.4 Å². The number of ether oxygens (including phenoxy) is 2. The van der Waals surface area contributed by atoms with Gasteiger partial charge in [0.05, 0.1) is 17.6 Å². The third kappa shape index (κ3) is 4.49. The van der Waals surface area contributed by atoms with Crippen molar-refractivity contribution in [1.29, 1.82) is 0 Å². The molecule has 0 bridgehead atoms. The summed E-state index contributed by atoms with van der Waals surface area (Å²) in [7, 11) is 0. The number of hydrogen-bond donors (Lipinski definition) is 2. The lowest BCUT2D eigenvalue weighted by molar-refractivity contribution is -0.118. The Morgan fingerprint density at radius 3 is 2.77 bits per heavy atom. The highest BCUT2D eigenvalue weighted by Gasteiger charge is 2.52. The molecule has 1 amide bonds. The largest absolute Gasteiger partial charge is 0.454 e. The Hall–Kier alpha value is -2.36. The van der Waals surface area contributed by atoms with Gasteiger partial charge in [-0.25, -0.2) is 4.98 Å². The van der Waals surface area contributed by atoms with E-state index in [9.17, 15) is 9.90 Å². The van der Waals surface area contributed by atoms with Crippen molar-refractivity contribution in [2.75, 3.05) is 25.2 Å². The third-order valence-corrected chi connectivity index (χ3v) is 8.19. The molecule has 2 aromatic carbocycles. The molecular weight excluding hydrogens is 509 g/mol. The van der Waals surface area contributed by atoms with Gasteiger partial charge in [-0.15, -0.1) is 12.4 Å². The summed E-state index contributed by atoms with van der Waals surface area (Å²) in [5.74, 6) is 1.34. The molecule has 7 nitrogen and oxygen atoms in total. The van der Waals surface area contributed by atoms with E-state index >= 15 is 0 Å². The second kappa shape index (κ2) is 9.59. The molecule has 1 saturated heterocycles. The molecule has 2 fully saturated rings. The highest BCUT2D eigenvalue weighted by molar-refractivity contribution is 7.15. The molecule has 0 spiro atoms. The number of nitrogens with one attached hydrogen (secondary N) is 1. The zero-order chi connectivity index (χ0) is 23.3. The Bertz CT molecular complexity index is 1250. The number of aliphatic hydroxyl groups excluding tert-OH is 1. The molecule has 1 aliphatic carbocycles. The Kier molecular flexibility index (Phi) is 6.67. The minimum absolute atomic E-state index is 0. The maximum Gasteiger partial charge on any atom is 0.236 e. The van der Waals surface area contributed by atoms with Crippen LogP contribution in [0.1, 0.15) is 41.3 Å². The van der Waals surface area contributed by atoms with Gasteiger partial charge in [-0.3, -0.25) is 9.69 Å². The highest BCUT2D eigenvalue weighted by atomic mass is 35.5. The summed E-state index contributed by atoms with van der Waals surface area (Å²) in [5, 5.41) is 14.4. The number of β-amino-alcohol motifs (C(OH)–C–C–N with tert-alkyl or cyclic N) is 1. The first-order chi connectivity index (χ1) is 16.5. The van der Waals surface area contributed by atoms with Crippen molar-refractivity contribution in [3.8, 4) is 11.5 Å². The molecule has 2 N–H and O–H groups in total. The van der Waals surface area contributed by atoms with E-state index in [-0.39, 0.29) is 37.3 Å². The number of amides is 1. The average Bonchev–Trinajstić information content (AvgIpc) is 3.13. The van der Waals surface area contributed by atoms with Gasteiger partial charge in [-0.2, -0.15) is 0 Å². The summed E-state index contributed by atoms with van der Waals surface area (Å²) < 4.78 is 10.9. The van der Waals surface area contributed by atoms with Crippen LogP contribution in [0.2, 0.25) is 5.02 Å². The van der Waals surface area contributed by atoms with Crippen LogP contribution in [0.4, 0.5) is 5.13 Å². The normalized spacial score (nSPS) is 20.8. The van der Waals surface area contributed by atoms with Crippen LogP contribution in [-0.2, 0) is 10.2 Å². The first-order valence-electron chi connectivity index (χ1n) is 11.4. The number of thiazole rings is 1. The van der Waals surface area contributed by atoms with E-state index in [0.29, 0.717) is 28.2 Å². The van der Waals surface area contributed by atoms with Gasteiger partial charge in [0.2, 0.25) is 12.7 Å². The average molecular weight is 534 g/mol. The lowest BCUT2D eigenvalue weighted by Crippen LogP contribution is -2.28. The summed E-state index contributed by atoms with van der Waals surface area (Å²) in [6.45, 7) is 1.55. The Labute approximate surface area is 218 Å². The van der Waals surface area contributed by atoms with E-state index in [1.54, 1.807) is 6.20 Å². The first-order valence-corrected chi connectivity index (χ1v) is 12.6.